The lowest BCUT2D eigenvalue weighted by Gasteiger charge is -2.32. The lowest BCUT2D eigenvalue weighted by Crippen LogP contribution is -2.43. The molecule has 1 heterocycles. The number of hydrogen-bond donors (Lipinski definition) is 3. The Morgan fingerprint density at radius 2 is 2.31 bits per heavy atom. The van der Waals surface area contributed by atoms with Crippen molar-refractivity contribution in [1.82, 2.24) is 5.32 Å². The number of aromatic carboxylic acids is 1. The number of carboxylic acid groups (broad SMARTS) is 1. The van der Waals surface area contributed by atoms with E-state index in [-0.39, 0.29) is 6.10 Å². The predicted octanol–water partition coefficient (Wildman–Crippen LogP) is 1.37. The molecule has 1 aliphatic rings. The van der Waals surface area contributed by atoms with E-state index in [0.717, 1.165) is 23.3 Å². The van der Waals surface area contributed by atoms with Gasteiger partial charge in [0.2, 0.25) is 0 Å². The van der Waals surface area contributed by atoms with Gasteiger partial charge in [-0.05, 0) is 31.4 Å². The lowest BCUT2D eigenvalue weighted by atomic mass is 9.89. The van der Waals surface area contributed by atoms with Crippen LogP contribution in [0.25, 0.3) is 0 Å². The average Bonchev–Trinajstić information content (AvgIpc) is 2.53. The van der Waals surface area contributed by atoms with Gasteiger partial charge in [0.15, 0.2) is 0 Å². The van der Waals surface area contributed by atoms with E-state index in [9.17, 15) is 4.79 Å². The molecule has 1 fully saturated rings. The van der Waals surface area contributed by atoms with Gasteiger partial charge in [-0.1, -0.05) is 0 Å². The summed E-state index contributed by atoms with van der Waals surface area (Å²) in [6.07, 6.45) is 1.44. The van der Waals surface area contributed by atoms with Gasteiger partial charge < -0.3 is 15.5 Å². The third-order valence-corrected chi connectivity index (χ3v) is 4.01. The molecule has 0 amide bonds. The summed E-state index contributed by atoms with van der Waals surface area (Å²) in [5.41, 5.74) is 1.05. The summed E-state index contributed by atoms with van der Waals surface area (Å²) in [6, 6.07) is 2.10. The van der Waals surface area contributed by atoms with Gasteiger partial charge >= 0.3 is 5.97 Å². The van der Waals surface area contributed by atoms with Crippen molar-refractivity contribution < 1.29 is 15.0 Å². The van der Waals surface area contributed by atoms with Crippen molar-refractivity contribution in [2.24, 2.45) is 0 Å². The molecular weight excluding hydrogens is 226 g/mol. The van der Waals surface area contributed by atoms with Crippen LogP contribution in [0.5, 0.6) is 0 Å². The van der Waals surface area contributed by atoms with Crippen LogP contribution >= 0.6 is 11.3 Å². The molecule has 0 aliphatic heterocycles. The van der Waals surface area contributed by atoms with Crippen LogP contribution in [0.4, 0.5) is 0 Å². The van der Waals surface area contributed by atoms with Crippen molar-refractivity contribution in [3.63, 3.8) is 0 Å². The highest BCUT2D eigenvalue weighted by atomic mass is 32.1. The van der Waals surface area contributed by atoms with Crippen LogP contribution in [0, 0.1) is 6.92 Å². The lowest BCUT2D eigenvalue weighted by molar-refractivity contribution is 0.0619. The van der Waals surface area contributed by atoms with Crippen LogP contribution in [-0.4, -0.2) is 28.3 Å². The Morgan fingerprint density at radius 3 is 2.81 bits per heavy atom. The molecule has 4 nitrogen and oxygen atoms in total. The summed E-state index contributed by atoms with van der Waals surface area (Å²) < 4.78 is 0. The molecule has 1 aromatic rings. The van der Waals surface area contributed by atoms with Crippen molar-refractivity contribution in [2.45, 2.75) is 38.5 Å². The van der Waals surface area contributed by atoms with Gasteiger partial charge in [-0.25, -0.2) is 4.79 Å². The van der Waals surface area contributed by atoms with E-state index >= 15 is 0 Å². The van der Waals surface area contributed by atoms with E-state index in [2.05, 4.69) is 5.32 Å². The molecule has 2 rings (SSSR count). The third-order valence-electron chi connectivity index (χ3n) is 2.93. The Morgan fingerprint density at radius 1 is 1.62 bits per heavy atom. The van der Waals surface area contributed by atoms with Crippen molar-refractivity contribution >= 4 is 17.3 Å². The Balaban J connectivity index is 1.91. The first kappa shape index (κ1) is 11.6. The minimum absolute atomic E-state index is 0.157. The first-order valence-electron chi connectivity index (χ1n) is 5.30. The van der Waals surface area contributed by atoms with Gasteiger partial charge in [0, 0.05) is 17.5 Å². The molecule has 88 valence electrons. The van der Waals surface area contributed by atoms with E-state index in [4.69, 9.17) is 10.2 Å². The highest BCUT2D eigenvalue weighted by Gasteiger charge is 2.26. The van der Waals surface area contributed by atoms with Gasteiger partial charge in [-0.2, -0.15) is 0 Å². The number of rotatable bonds is 4. The second-order valence-electron chi connectivity index (χ2n) is 4.20. The van der Waals surface area contributed by atoms with Crippen LogP contribution in [-0.2, 0) is 6.54 Å². The van der Waals surface area contributed by atoms with E-state index in [1.807, 2.05) is 6.92 Å². The highest BCUT2D eigenvalue weighted by molar-refractivity contribution is 7.14. The summed E-state index contributed by atoms with van der Waals surface area (Å²) in [5.74, 6) is -0.863. The van der Waals surface area contributed by atoms with Crippen LogP contribution in [0.3, 0.4) is 0 Å². The molecule has 0 aromatic carbocycles. The van der Waals surface area contributed by atoms with Crippen molar-refractivity contribution in [3.8, 4) is 0 Å². The third kappa shape index (κ3) is 2.42. The summed E-state index contributed by atoms with van der Waals surface area (Å²) in [7, 11) is 0. The summed E-state index contributed by atoms with van der Waals surface area (Å²) in [4.78, 5) is 12.2. The van der Waals surface area contributed by atoms with E-state index in [1.165, 1.54) is 11.3 Å². The molecule has 3 N–H and O–H groups in total. The molecule has 1 aliphatic carbocycles. The number of aliphatic hydroxyl groups excluding tert-OH is 1. The standard InChI is InChI=1S/C11H15NO3S/c1-6-7(2-10(16-6)11(14)15)5-12-8-3-9(13)4-8/h2,8-9,12-13H,3-5H2,1H3,(H,14,15). The topological polar surface area (TPSA) is 69.6 Å². The van der Waals surface area contributed by atoms with Crippen molar-refractivity contribution in [1.29, 1.82) is 0 Å². The van der Waals surface area contributed by atoms with Gasteiger partial charge in [0.05, 0.1) is 6.10 Å². The number of carbonyl (C=O) groups is 1. The highest BCUT2D eigenvalue weighted by Crippen LogP contribution is 2.24. The number of aryl methyl sites for hydroxylation is 1. The zero-order valence-electron chi connectivity index (χ0n) is 9.06. The minimum atomic E-state index is -0.863. The fourth-order valence-electron chi connectivity index (χ4n) is 1.81. The molecule has 16 heavy (non-hydrogen) atoms. The number of thiophene rings is 1. The second kappa shape index (κ2) is 4.53. The number of nitrogens with one attached hydrogen (secondary N) is 1. The molecule has 0 radical (unpaired) electrons. The smallest absolute Gasteiger partial charge is 0.345 e. The zero-order chi connectivity index (χ0) is 11.7. The maximum Gasteiger partial charge on any atom is 0.345 e. The Hall–Kier alpha value is -0.910. The quantitative estimate of drug-likeness (QED) is 0.744. The van der Waals surface area contributed by atoms with Crippen LogP contribution in [0.1, 0.15) is 33.0 Å². The first-order valence-corrected chi connectivity index (χ1v) is 6.12. The molecule has 0 spiro atoms. The maximum absolute atomic E-state index is 10.8. The first-order chi connectivity index (χ1) is 7.56. The molecule has 1 saturated carbocycles. The molecule has 5 heteroatoms. The second-order valence-corrected chi connectivity index (χ2v) is 5.46. The predicted molar refractivity (Wildman–Crippen MR) is 61.9 cm³/mol. The van der Waals surface area contributed by atoms with E-state index in [1.54, 1.807) is 6.07 Å². The largest absolute Gasteiger partial charge is 0.477 e. The van der Waals surface area contributed by atoms with Crippen molar-refractivity contribution in [3.05, 3.63) is 21.4 Å². The SMILES string of the molecule is Cc1sc(C(=O)O)cc1CNC1CC(O)C1. The Bertz CT molecular complexity index is 396. The summed E-state index contributed by atoms with van der Waals surface area (Å²) in [5, 5.41) is 21.3. The number of aliphatic hydroxyl groups is 1. The molecule has 1 aromatic heterocycles. The Kier molecular flexibility index (Phi) is 3.28. The minimum Gasteiger partial charge on any atom is -0.477 e. The van der Waals surface area contributed by atoms with Gasteiger partial charge in [0.25, 0.3) is 0 Å². The van der Waals surface area contributed by atoms with E-state index in [0.29, 0.717) is 17.5 Å². The van der Waals surface area contributed by atoms with Gasteiger partial charge in [0.1, 0.15) is 4.88 Å². The molecule has 0 saturated heterocycles. The maximum atomic E-state index is 10.8. The fourth-order valence-corrected chi connectivity index (χ4v) is 2.69. The number of hydrogen-bond acceptors (Lipinski definition) is 4. The normalized spacial score (nSPS) is 24.1. The van der Waals surface area contributed by atoms with E-state index < -0.39 is 5.97 Å². The fraction of sp³-hybridized carbons (Fsp3) is 0.545. The van der Waals surface area contributed by atoms with Gasteiger partial charge in [-0.3, -0.25) is 0 Å². The summed E-state index contributed by atoms with van der Waals surface area (Å²) >= 11 is 1.31. The number of carboxylic acids is 1. The molecule has 0 atom stereocenters. The molecule has 0 bridgehead atoms. The zero-order valence-corrected chi connectivity index (χ0v) is 9.88. The van der Waals surface area contributed by atoms with Gasteiger partial charge in [-0.15, -0.1) is 11.3 Å². The van der Waals surface area contributed by atoms with Crippen molar-refractivity contribution in [2.75, 3.05) is 0 Å². The monoisotopic (exact) mass is 241 g/mol. The van der Waals surface area contributed by atoms with Crippen LogP contribution < -0.4 is 5.32 Å². The van der Waals surface area contributed by atoms with Crippen LogP contribution in [0.2, 0.25) is 0 Å². The van der Waals surface area contributed by atoms with Crippen LogP contribution in [0.15, 0.2) is 6.07 Å². The average molecular weight is 241 g/mol. The molecule has 0 unspecified atom stereocenters. The summed E-state index contributed by atoms with van der Waals surface area (Å²) in [6.45, 7) is 2.62. The molecular formula is C11H15NO3S. The Labute approximate surface area is 97.9 Å².